The molecule has 2 aromatic rings. The zero-order valence-electron chi connectivity index (χ0n) is 10.5. The molecule has 0 saturated carbocycles. The Hall–Kier alpha value is -2.44. The zero-order valence-corrected chi connectivity index (χ0v) is 10.5. The first-order valence-corrected chi connectivity index (χ1v) is 5.97. The second kappa shape index (κ2) is 4.68. The van der Waals surface area contributed by atoms with Gasteiger partial charge in [0, 0.05) is 32.5 Å². The van der Waals surface area contributed by atoms with E-state index in [9.17, 15) is 4.79 Å². The summed E-state index contributed by atoms with van der Waals surface area (Å²) in [6.07, 6.45) is 3.34. The number of amides is 2. The van der Waals surface area contributed by atoms with Crippen LogP contribution in [-0.2, 0) is 6.54 Å². The molecule has 98 valence electrons. The van der Waals surface area contributed by atoms with Gasteiger partial charge in [-0.2, -0.15) is 0 Å². The van der Waals surface area contributed by atoms with Crippen LogP contribution < -0.4 is 0 Å². The van der Waals surface area contributed by atoms with Gasteiger partial charge < -0.3 is 14.2 Å². The molecular weight excluding hydrogens is 246 g/mol. The average Bonchev–Trinajstić information content (AvgIpc) is 3.02. The van der Waals surface area contributed by atoms with E-state index in [0.717, 1.165) is 12.1 Å². The minimum absolute atomic E-state index is 0.0128. The first-order valence-electron chi connectivity index (χ1n) is 5.97. The standard InChI is InChI=1S/C12H13N5O2/c1-16-5-6-17(12(16)18)8-10-14-15-11(19-10)9-3-2-4-13-7-9/h2-4,7H,5-6,8H2,1H3. The summed E-state index contributed by atoms with van der Waals surface area (Å²) in [5.41, 5.74) is 0.770. The molecule has 7 heteroatoms. The topological polar surface area (TPSA) is 75.4 Å². The maximum absolute atomic E-state index is 11.7. The van der Waals surface area contributed by atoms with Crippen molar-refractivity contribution in [2.75, 3.05) is 20.1 Å². The lowest BCUT2D eigenvalue weighted by molar-refractivity contribution is 0.193. The van der Waals surface area contributed by atoms with Crippen LogP contribution in [0, 0.1) is 0 Å². The molecule has 0 N–H and O–H groups in total. The van der Waals surface area contributed by atoms with Gasteiger partial charge in [0.15, 0.2) is 0 Å². The van der Waals surface area contributed by atoms with Crippen LogP contribution in [0.5, 0.6) is 0 Å². The highest BCUT2D eigenvalue weighted by Crippen LogP contribution is 2.17. The molecule has 3 rings (SSSR count). The highest BCUT2D eigenvalue weighted by Gasteiger charge is 2.26. The molecular formula is C12H13N5O2. The fourth-order valence-electron chi connectivity index (χ4n) is 1.94. The van der Waals surface area contributed by atoms with Crippen LogP contribution in [0.15, 0.2) is 28.9 Å². The Morgan fingerprint density at radius 1 is 1.37 bits per heavy atom. The molecule has 2 amide bonds. The molecule has 2 aromatic heterocycles. The summed E-state index contributed by atoms with van der Waals surface area (Å²) in [6, 6.07) is 3.64. The lowest BCUT2D eigenvalue weighted by atomic mass is 10.3. The SMILES string of the molecule is CN1CCN(Cc2nnc(-c3cccnc3)o2)C1=O. The van der Waals surface area contributed by atoms with E-state index in [4.69, 9.17) is 4.42 Å². The van der Waals surface area contributed by atoms with Crippen LogP contribution in [0.3, 0.4) is 0 Å². The minimum Gasteiger partial charge on any atom is -0.419 e. The predicted molar refractivity (Wildman–Crippen MR) is 66.0 cm³/mol. The van der Waals surface area contributed by atoms with E-state index < -0.39 is 0 Å². The number of nitrogens with zero attached hydrogens (tertiary/aromatic N) is 5. The number of carbonyl (C=O) groups is 1. The molecule has 0 radical (unpaired) electrons. The van der Waals surface area contributed by atoms with Gasteiger partial charge in [-0.3, -0.25) is 4.98 Å². The van der Waals surface area contributed by atoms with Crippen molar-refractivity contribution in [3.8, 4) is 11.5 Å². The van der Waals surface area contributed by atoms with Gasteiger partial charge in [-0.1, -0.05) is 0 Å². The number of rotatable bonds is 3. The second-order valence-electron chi connectivity index (χ2n) is 4.37. The van der Waals surface area contributed by atoms with Crippen molar-refractivity contribution < 1.29 is 9.21 Å². The van der Waals surface area contributed by atoms with Gasteiger partial charge in [-0.05, 0) is 12.1 Å². The van der Waals surface area contributed by atoms with Gasteiger partial charge in [-0.15, -0.1) is 10.2 Å². The monoisotopic (exact) mass is 259 g/mol. The maximum Gasteiger partial charge on any atom is 0.320 e. The fraction of sp³-hybridized carbons (Fsp3) is 0.333. The Labute approximate surface area is 109 Å². The third-order valence-electron chi connectivity index (χ3n) is 3.00. The number of aromatic nitrogens is 3. The van der Waals surface area contributed by atoms with Crippen LogP contribution in [0.25, 0.3) is 11.5 Å². The predicted octanol–water partition coefficient (Wildman–Crippen LogP) is 0.999. The normalized spacial score (nSPS) is 15.3. The van der Waals surface area contributed by atoms with Crippen molar-refractivity contribution in [2.24, 2.45) is 0 Å². The summed E-state index contributed by atoms with van der Waals surface area (Å²) in [5, 5.41) is 7.92. The molecule has 19 heavy (non-hydrogen) atoms. The summed E-state index contributed by atoms with van der Waals surface area (Å²) in [7, 11) is 1.78. The van der Waals surface area contributed by atoms with Gasteiger partial charge in [-0.25, -0.2) is 4.79 Å². The molecule has 0 spiro atoms. The fourth-order valence-corrected chi connectivity index (χ4v) is 1.94. The minimum atomic E-state index is -0.0128. The Morgan fingerprint density at radius 2 is 2.26 bits per heavy atom. The zero-order chi connectivity index (χ0) is 13.2. The van der Waals surface area contributed by atoms with E-state index in [1.807, 2.05) is 6.07 Å². The smallest absolute Gasteiger partial charge is 0.320 e. The van der Waals surface area contributed by atoms with Gasteiger partial charge in [0.25, 0.3) is 0 Å². The Balaban J connectivity index is 1.74. The maximum atomic E-state index is 11.7. The average molecular weight is 259 g/mol. The quantitative estimate of drug-likeness (QED) is 0.822. The van der Waals surface area contributed by atoms with E-state index in [2.05, 4.69) is 15.2 Å². The molecule has 1 saturated heterocycles. The van der Waals surface area contributed by atoms with E-state index in [1.54, 1.807) is 35.3 Å². The number of likely N-dealkylation sites (N-methyl/N-ethyl adjacent to an activating group) is 1. The summed E-state index contributed by atoms with van der Waals surface area (Å²) >= 11 is 0. The third kappa shape index (κ3) is 2.26. The van der Waals surface area contributed by atoms with Crippen LogP contribution >= 0.6 is 0 Å². The van der Waals surface area contributed by atoms with E-state index in [1.165, 1.54) is 0 Å². The second-order valence-corrected chi connectivity index (χ2v) is 4.37. The number of hydrogen-bond donors (Lipinski definition) is 0. The van der Waals surface area contributed by atoms with Gasteiger partial charge >= 0.3 is 6.03 Å². The summed E-state index contributed by atoms with van der Waals surface area (Å²) in [6.45, 7) is 1.75. The van der Waals surface area contributed by atoms with Crippen LogP contribution in [-0.4, -0.2) is 51.1 Å². The van der Waals surface area contributed by atoms with Crippen molar-refractivity contribution >= 4 is 6.03 Å². The van der Waals surface area contributed by atoms with Crippen molar-refractivity contribution in [2.45, 2.75) is 6.54 Å². The van der Waals surface area contributed by atoms with Crippen molar-refractivity contribution in [3.05, 3.63) is 30.4 Å². The van der Waals surface area contributed by atoms with Crippen molar-refractivity contribution in [3.63, 3.8) is 0 Å². The summed E-state index contributed by atoms with van der Waals surface area (Å²) in [4.78, 5) is 19.1. The van der Waals surface area contributed by atoms with Gasteiger partial charge in [0.05, 0.1) is 5.56 Å². The molecule has 7 nitrogen and oxygen atoms in total. The van der Waals surface area contributed by atoms with Gasteiger partial charge in [0.1, 0.15) is 6.54 Å². The first kappa shape index (κ1) is 11.6. The van der Waals surface area contributed by atoms with Gasteiger partial charge in [0.2, 0.25) is 11.8 Å². The summed E-state index contributed by atoms with van der Waals surface area (Å²) in [5.74, 6) is 0.852. The highest BCUT2D eigenvalue weighted by atomic mass is 16.4. The van der Waals surface area contributed by atoms with E-state index in [-0.39, 0.29) is 6.03 Å². The molecule has 0 aromatic carbocycles. The molecule has 0 bridgehead atoms. The molecule has 0 atom stereocenters. The third-order valence-corrected chi connectivity index (χ3v) is 3.00. The lowest BCUT2D eigenvalue weighted by Crippen LogP contribution is -2.29. The lowest BCUT2D eigenvalue weighted by Gasteiger charge is -2.12. The number of pyridine rings is 1. The largest absolute Gasteiger partial charge is 0.419 e. The highest BCUT2D eigenvalue weighted by molar-refractivity contribution is 5.76. The van der Waals surface area contributed by atoms with Crippen molar-refractivity contribution in [1.29, 1.82) is 0 Å². The Morgan fingerprint density at radius 3 is 2.95 bits per heavy atom. The number of urea groups is 1. The Bertz CT molecular complexity index is 583. The van der Waals surface area contributed by atoms with Crippen molar-refractivity contribution in [1.82, 2.24) is 25.0 Å². The molecule has 0 unspecified atom stereocenters. The molecule has 3 heterocycles. The molecule has 1 aliphatic rings. The Kier molecular flexibility index (Phi) is 2.86. The van der Waals surface area contributed by atoms with Crippen LogP contribution in [0.2, 0.25) is 0 Å². The molecule has 1 aliphatic heterocycles. The van der Waals surface area contributed by atoms with E-state index in [0.29, 0.717) is 24.9 Å². The van der Waals surface area contributed by atoms with E-state index >= 15 is 0 Å². The molecule has 1 fully saturated rings. The number of hydrogen-bond acceptors (Lipinski definition) is 5. The van der Waals surface area contributed by atoms with Crippen LogP contribution in [0.4, 0.5) is 4.79 Å². The summed E-state index contributed by atoms with van der Waals surface area (Å²) < 4.78 is 5.54. The van der Waals surface area contributed by atoms with Crippen LogP contribution in [0.1, 0.15) is 5.89 Å². The first-order chi connectivity index (χ1) is 9.24. The molecule has 0 aliphatic carbocycles. The number of carbonyl (C=O) groups excluding carboxylic acids is 1.